The highest BCUT2D eigenvalue weighted by molar-refractivity contribution is 5.68. The molecule has 1 amide bonds. The zero-order chi connectivity index (χ0) is 12.2. The summed E-state index contributed by atoms with van der Waals surface area (Å²) < 4.78 is 5.23. The number of azide groups is 1. The van der Waals surface area contributed by atoms with E-state index in [0.717, 1.165) is 12.8 Å². The topological polar surface area (TPSA) is 87.1 Å². The van der Waals surface area contributed by atoms with Crippen molar-refractivity contribution in [2.45, 2.75) is 57.7 Å². The molecule has 90 valence electrons. The molecule has 0 aliphatic heterocycles. The lowest BCUT2D eigenvalue weighted by atomic mass is 10.1. The molecule has 1 aliphatic carbocycles. The summed E-state index contributed by atoms with van der Waals surface area (Å²) >= 11 is 0. The van der Waals surface area contributed by atoms with Gasteiger partial charge in [0.1, 0.15) is 6.10 Å². The van der Waals surface area contributed by atoms with E-state index in [4.69, 9.17) is 10.3 Å². The highest BCUT2D eigenvalue weighted by atomic mass is 16.6. The maximum atomic E-state index is 11.4. The maximum absolute atomic E-state index is 11.4. The lowest BCUT2D eigenvalue weighted by Crippen LogP contribution is -2.42. The van der Waals surface area contributed by atoms with Gasteiger partial charge >= 0.3 is 6.09 Å². The van der Waals surface area contributed by atoms with Crippen molar-refractivity contribution >= 4 is 6.09 Å². The average Bonchev–Trinajstić information content (AvgIpc) is 2.49. The normalized spacial score (nSPS) is 24.7. The Morgan fingerprint density at radius 2 is 2.19 bits per heavy atom. The minimum atomic E-state index is -0.404. The average molecular weight is 226 g/mol. The van der Waals surface area contributed by atoms with Gasteiger partial charge in [-0.15, -0.1) is 0 Å². The van der Waals surface area contributed by atoms with Crippen LogP contribution >= 0.6 is 0 Å². The van der Waals surface area contributed by atoms with Gasteiger partial charge in [0.25, 0.3) is 0 Å². The van der Waals surface area contributed by atoms with Crippen molar-refractivity contribution in [1.82, 2.24) is 5.32 Å². The molecule has 0 saturated heterocycles. The van der Waals surface area contributed by atoms with Crippen LogP contribution in [0.25, 0.3) is 10.4 Å². The first-order valence-electron chi connectivity index (χ1n) is 5.44. The predicted molar refractivity (Wildman–Crippen MR) is 59.9 cm³/mol. The van der Waals surface area contributed by atoms with Crippen LogP contribution < -0.4 is 5.32 Å². The van der Waals surface area contributed by atoms with E-state index in [1.165, 1.54) is 0 Å². The van der Waals surface area contributed by atoms with E-state index in [-0.39, 0.29) is 17.7 Å². The second kappa shape index (κ2) is 5.07. The SMILES string of the molecule is CC(C)(C)NC(=O)OC1CCC(N=[N+]=[N-])C1. The molecule has 0 heterocycles. The van der Waals surface area contributed by atoms with Crippen LogP contribution in [0.5, 0.6) is 0 Å². The summed E-state index contributed by atoms with van der Waals surface area (Å²) in [5.74, 6) is 0. The van der Waals surface area contributed by atoms with Crippen molar-refractivity contribution < 1.29 is 9.53 Å². The molecule has 0 aromatic carbocycles. The first-order chi connectivity index (χ1) is 7.40. The summed E-state index contributed by atoms with van der Waals surface area (Å²) in [6, 6.07) is -0.0302. The van der Waals surface area contributed by atoms with Crippen LogP contribution in [0.4, 0.5) is 4.79 Å². The Balaban J connectivity index is 2.34. The summed E-state index contributed by atoms with van der Waals surface area (Å²) in [4.78, 5) is 14.2. The summed E-state index contributed by atoms with van der Waals surface area (Å²) in [5.41, 5.74) is 7.99. The van der Waals surface area contributed by atoms with Crippen molar-refractivity contribution in [3.05, 3.63) is 10.4 Å². The Labute approximate surface area is 95.0 Å². The Morgan fingerprint density at radius 3 is 2.75 bits per heavy atom. The molecular weight excluding hydrogens is 208 g/mol. The number of nitrogens with one attached hydrogen (secondary N) is 1. The fourth-order valence-corrected chi connectivity index (χ4v) is 1.69. The molecule has 0 bridgehead atoms. The van der Waals surface area contributed by atoms with Gasteiger partial charge in [0.05, 0.1) is 0 Å². The number of hydrogen-bond acceptors (Lipinski definition) is 3. The van der Waals surface area contributed by atoms with E-state index in [1.54, 1.807) is 0 Å². The Kier molecular flexibility index (Phi) is 4.01. The summed E-state index contributed by atoms with van der Waals surface area (Å²) in [7, 11) is 0. The van der Waals surface area contributed by atoms with Gasteiger partial charge in [0, 0.05) is 16.5 Å². The molecule has 1 fully saturated rings. The highest BCUT2D eigenvalue weighted by Crippen LogP contribution is 2.24. The minimum absolute atomic E-state index is 0.0302. The summed E-state index contributed by atoms with van der Waals surface area (Å²) in [6.07, 6.45) is 1.65. The van der Waals surface area contributed by atoms with Gasteiger partial charge in [0.2, 0.25) is 0 Å². The number of alkyl carbamates (subject to hydrolysis) is 1. The molecule has 6 nitrogen and oxygen atoms in total. The van der Waals surface area contributed by atoms with E-state index in [2.05, 4.69) is 15.3 Å². The third-order valence-corrected chi connectivity index (χ3v) is 2.32. The molecular formula is C10H18N4O2. The quantitative estimate of drug-likeness (QED) is 0.445. The van der Waals surface area contributed by atoms with Crippen molar-refractivity contribution in [2.75, 3.05) is 0 Å². The van der Waals surface area contributed by atoms with Crippen LogP contribution in [0, 0.1) is 0 Å². The third kappa shape index (κ3) is 4.40. The van der Waals surface area contributed by atoms with Crippen LogP contribution in [-0.4, -0.2) is 23.8 Å². The van der Waals surface area contributed by atoms with Crippen molar-refractivity contribution in [3.8, 4) is 0 Å². The fraction of sp³-hybridized carbons (Fsp3) is 0.900. The first-order valence-corrected chi connectivity index (χ1v) is 5.44. The van der Waals surface area contributed by atoms with E-state index in [1.807, 2.05) is 20.8 Å². The number of rotatable bonds is 2. The van der Waals surface area contributed by atoms with Crippen LogP contribution in [0.3, 0.4) is 0 Å². The lowest BCUT2D eigenvalue weighted by Gasteiger charge is -2.21. The minimum Gasteiger partial charge on any atom is -0.446 e. The van der Waals surface area contributed by atoms with Gasteiger partial charge < -0.3 is 10.1 Å². The molecule has 16 heavy (non-hydrogen) atoms. The van der Waals surface area contributed by atoms with E-state index < -0.39 is 6.09 Å². The van der Waals surface area contributed by atoms with Crippen molar-refractivity contribution in [2.24, 2.45) is 5.11 Å². The molecule has 1 N–H and O–H groups in total. The second-order valence-corrected chi connectivity index (χ2v) is 5.07. The molecule has 1 saturated carbocycles. The number of carbonyl (C=O) groups is 1. The molecule has 0 aromatic rings. The predicted octanol–water partition coefficient (Wildman–Crippen LogP) is 2.74. The van der Waals surface area contributed by atoms with E-state index in [0.29, 0.717) is 6.42 Å². The maximum Gasteiger partial charge on any atom is 0.407 e. The van der Waals surface area contributed by atoms with Crippen molar-refractivity contribution in [3.63, 3.8) is 0 Å². The number of carbonyl (C=O) groups excluding carboxylic acids is 1. The Morgan fingerprint density at radius 1 is 1.50 bits per heavy atom. The van der Waals surface area contributed by atoms with Crippen LogP contribution in [-0.2, 0) is 4.74 Å². The molecule has 1 aliphatic rings. The molecule has 2 atom stereocenters. The van der Waals surface area contributed by atoms with Gasteiger partial charge in [-0.3, -0.25) is 0 Å². The number of nitrogens with zero attached hydrogens (tertiary/aromatic N) is 3. The molecule has 0 radical (unpaired) electrons. The number of ether oxygens (including phenoxy) is 1. The molecule has 0 aromatic heterocycles. The van der Waals surface area contributed by atoms with Crippen LogP contribution in [0.1, 0.15) is 40.0 Å². The monoisotopic (exact) mass is 226 g/mol. The standard InChI is InChI=1S/C10H18N4O2/c1-10(2,3)12-9(15)16-8-5-4-7(6-8)13-14-11/h7-8H,4-6H2,1-3H3,(H,12,15). The van der Waals surface area contributed by atoms with Gasteiger partial charge in [-0.25, -0.2) is 4.79 Å². The second-order valence-electron chi connectivity index (χ2n) is 5.07. The Hall–Kier alpha value is -1.42. The first kappa shape index (κ1) is 12.6. The fourth-order valence-electron chi connectivity index (χ4n) is 1.69. The molecule has 0 spiro atoms. The smallest absolute Gasteiger partial charge is 0.407 e. The van der Waals surface area contributed by atoms with Gasteiger partial charge in [0.15, 0.2) is 0 Å². The zero-order valence-corrected chi connectivity index (χ0v) is 9.93. The highest BCUT2D eigenvalue weighted by Gasteiger charge is 2.27. The van der Waals surface area contributed by atoms with Gasteiger partial charge in [-0.05, 0) is 45.6 Å². The summed E-state index contributed by atoms with van der Waals surface area (Å²) in [5, 5.41) is 6.35. The van der Waals surface area contributed by atoms with Crippen LogP contribution in [0.2, 0.25) is 0 Å². The third-order valence-electron chi connectivity index (χ3n) is 2.32. The van der Waals surface area contributed by atoms with Crippen molar-refractivity contribution in [1.29, 1.82) is 0 Å². The lowest BCUT2D eigenvalue weighted by molar-refractivity contribution is 0.0938. The van der Waals surface area contributed by atoms with Crippen LogP contribution in [0.15, 0.2) is 5.11 Å². The molecule has 1 rings (SSSR count). The Bertz CT molecular complexity index is 304. The largest absolute Gasteiger partial charge is 0.446 e. The van der Waals surface area contributed by atoms with Gasteiger partial charge in [-0.1, -0.05) is 5.11 Å². The van der Waals surface area contributed by atoms with E-state index in [9.17, 15) is 4.79 Å². The molecule has 2 unspecified atom stereocenters. The zero-order valence-electron chi connectivity index (χ0n) is 9.93. The van der Waals surface area contributed by atoms with Gasteiger partial charge in [-0.2, -0.15) is 0 Å². The molecule has 6 heteroatoms. The summed E-state index contributed by atoms with van der Waals surface area (Å²) in [6.45, 7) is 5.68. The van der Waals surface area contributed by atoms with E-state index >= 15 is 0 Å². The number of hydrogen-bond donors (Lipinski definition) is 1. The number of amides is 1.